The second-order valence-corrected chi connectivity index (χ2v) is 8.01. The molecule has 1 aliphatic rings. The minimum atomic E-state index is 0.710. The Balaban J connectivity index is 1.47. The molecule has 0 saturated carbocycles. The Morgan fingerprint density at radius 1 is 1.04 bits per heavy atom. The lowest BCUT2D eigenvalue weighted by Gasteiger charge is -2.35. The molecule has 5 nitrogen and oxygen atoms in total. The van der Waals surface area contributed by atoms with E-state index in [9.17, 15) is 0 Å². The highest BCUT2D eigenvalue weighted by molar-refractivity contribution is 7.71. The van der Waals surface area contributed by atoms with E-state index in [-0.39, 0.29) is 0 Å². The zero-order chi connectivity index (χ0) is 19.7. The van der Waals surface area contributed by atoms with Crippen molar-refractivity contribution >= 4 is 29.5 Å². The number of benzene rings is 2. The van der Waals surface area contributed by atoms with Crippen molar-refractivity contribution in [3.05, 3.63) is 63.9 Å². The molecule has 146 valence electrons. The third-order valence-electron chi connectivity index (χ3n) is 5.31. The molecule has 1 aliphatic heterocycles. The number of hydrogen-bond acceptors (Lipinski definition) is 4. The first kappa shape index (κ1) is 19.2. The molecule has 3 aromatic rings. The van der Waals surface area contributed by atoms with Crippen molar-refractivity contribution in [1.82, 2.24) is 19.2 Å². The summed E-state index contributed by atoms with van der Waals surface area (Å²) in [6.45, 7) is 6.67. The Labute approximate surface area is 175 Å². The number of piperazine rings is 1. The van der Waals surface area contributed by atoms with E-state index in [1.807, 2.05) is 46.6 Å². The van der Waals surface area contributed by atoms with E-state index >= 15 is 0 Å². The zero-order valence-corrected chi connectivity index (χ0v) is 17.7. The van der Waals surface area contributed by atoms with Crippen LogP contribution in [-0.2, 0) is 13.7 Å². The Morgan fingerprint density at radius 2 is 1.79 bits per heavy atom. The average Bonchev–Trinajstić information content (AvgIpc) is 2.97. The first-order valence-corrected chi connectivity index (χ1v) is 10.2. The predicted molar refractivity (Wildman–Crippen MR) is 117 cm³/mol. The van der Waals surface area contributed by atoms with E-state index in [0.717, 1.165) is 47.4 Å². The second kappa shape index (κ2) is 8.07. The van der Waals surface area contributed by atoms with Crippen molar-refractivity contribution in [3.8, 4) is 11.4 Å². The normalized spacial score (nSPS) is 15.2. The van der Waals surface area contributed by atoms with Crippen LogP contribution in [-0.4, -0.2) is 45.4 Å². The van der Waals surface area contributed by atoms with Gasteiger partial charge in [0, 0.05) is 49.5 Å². The monoisotopic (exact) mass is 413 g/mol. The molecule has 2 heterocycles. The molecule has 1 fully saturated rings. The predicted octanol–water partition coefficient (Wildman–Crippen LogP) is 4.36. The number of anilines is 1. The molecule has 1 aromatic heterocycles. The molecule has 0 spiro atoms. The molecule has 0 radical (unpaired) electrons. The van der Waals surface area contributed by atoms with Crippen LogP contribution in [0.15, 0.2) is 48.5 Å². The standard InChI is InChI=1S/C21H24ClN5S/c1-16-6-3-4-9-19(16)20-23-27(21(28)24(20)2)15-25-10-12-26(13-11-25)18-8-5-7-17(22)14-18/h3-9,14H,10-13,15H2,1-2H3. The fourth-order valence-corrected chi connectivity index (χ4v) is 4.02. The van der Waals surface area contributed by atoms with E-state index in [4.69, 9.17) is 28.9 Å². The van der Waals surface area contributed by atoms with Crippen LogP contribution < -0.4 is 4.90 Å². The van der Waals surface area contributed by atoms with Crippen LogP contribution in [0, 0.1) is 11.7 Å². The van der Waals surface area contributed by atoms with Crippen LogP contribution in [0.4, 0.5) is 5.69 Å². The maximum atomic E-state index is 6.13. The maximum Gasteiger partial charge on any atom is 0.199 e. The van der Waals surface area contributed by atoms with Crippen LogP contribution in [0.5, 0.6) is 0 Å². The summed E-state index contributed by atoms with van der Waals surface area (Å²) in [4.78, 5) is 4.77. The van der Waals surface area contributed by atoms with Gasteiger partial charge < -0.3 is 9.47 Å². The molecule has 0 bridgehead atoms. The third kappa shape index (κ3) is 3.85. The van der Waals surface area contributed by atoms with Gasteiger partial charge in [0.2, 0.25) is 0 Å². The minimum Gasteiger partial charge on any atom is -0.369 e. The number of nitrogens with zero attached hydrogens (tertiary/aromatic N) is 5. The molecule has 0 unspecified atom stereocenters. The lowest BCUT2D eigenvalue weighted by molar-refractivity contribution is 0.194. The Bertz CT molecular complexity index is 1030. The van der Waals surface area contributed by atoms with Gasteiger partial charge in [0.1, 0.15) is 0 Å². The summed E-state index contributed by atoms with van der Waals surface area (Å²) in [7, 11) is 1.99. The number of rotatable bonds is 4. The Kier molecular flexibility index (Phi) is 5.53. The highest BCUT2D eigenvalue weighted by atomic mass is 35.5. The van der Waals surface area contributed by atoms with Gasteiger partial charge in [0.15, 0.2) is 10.6 Å². The fraction of sp³-hybridized carbons (Fsp3) is 0.333. The molecule has 4 rings (SSSR count). The zero-order valence-electron chi connectivity index (χ0n) is 16.2. The number of hydrogen-bond donors (Lipinski definition) is 0. The van der Waals surface area contributed by atoms with Gasteiger partial charge in [-0.1, -0.05) is 41.9 Å². The minimum absolute atomic E-state index is 0.710. The van der Waals surface area contributed by atoms with Gasteiger partial charge in [-0.15, -0.1) is 0 Å². The first-order chi connectivity index (χ1) is 13.5. The van der Waals surface area contributed by atoms with Crippen molar-refractivity contribution in [3.63, 3.8) is 0 Å². The highest BCUT2D eigenvalue weighted by Gasteiger charge is 2.19. The Morgan fingerprint density at radius 3 is 2.50 bits per heavy atom. The van der Waals surface area contributed by atoms with Gasteiger partial charge >= 0.3 is 0 Å². The van der Waals surface area contributed by atoms with E-state index in [2.05, 4.69) is 34.9 Å². The second-order valence-electron chi connectivity index (χ2n) is 7.21. The van der Waals surface area contributed by atoms with Gasteiger partial charge in [-0.25, -0.2) is 4.68 Å². The summed E-state index contributed by atoms with van der Waals surface area (Å²) in [5.74, 6) is 0.917. The van der Waals surface area contributed by atoms with Crippen LogP contribution >= 0.6 is 23.8 Å². The van der Waals surface area contributed by atoms with E-state index in [0.29, 0.717) is 6.67 Å². The molecule has 0 N–H and O–H groups in total. The number of aryl methyl sites for hydroxylation is 1. The number of halogens is 1. The Hall–Kier alpha value is -2.15. The summed E-state index contributed by atoms with van der Waals surface area (Å²) in [5, 5.41) is 5.61. The molecule has 7 heteroatoms. The summed E-state index contributed by atoms with van der Waals surface area (Å²) in [5.41, 5.74) is 3.51. The third-order valence-corrected chi connectivity index (χ3v) is 6.03. The SMILES string of the molecule is Cc1ccccc1-c1nn(CN2CCN(c3cccc(Cl)c3)CC2)c(=S)n1C. The quantitative estimate of drug-likeness (QED) is 0.594. The van der Waals surface area contributed by atoms with Crippen LogP contribution in [0.3, 0.4) is 0 Å². The summed E-state index contributed by atoms with van der Waals surface area (Å²) < 4.78 is 4.68. The van der Waals surface area contributed by atoms with Crippen LogP contribution in [0.1, 0.15) is 5.56 Å². The van der Waals surface area contributed by atoms with E-state index in [1.165, 1.54) is 11.3 Å². The molecule has 0 atom stereocenters. The first-order valence-electron chi connectivity index (χ1n) is 9.45. The molecule has 0 aliphatic carbocycles. The fourth-order valence-electron chi connectivity index (χ4n) is 3.65. The molecular weight excluding hydrogens is 390 g/mol. The lowest BCUT2D eigenvalue weighted by Crippen LogP contribution is -2.47. The summed E-state index contributed by atoms with van der Waals surface area (Å²) in [6, 6.07) is 16.3. The van der Waals surface area contributed by atoms with Crippen LogP contribution in [0.25, 0.3) is 11.4 Å². The van der Waals surface area contributed by atoms with Gasteiger partial charge in [-0.3, -0.25) is 4.90 Å². The number of aromatic nitrogens is 3. The largest absolute Gasteiger partial charge is 0.369 e. The molecule has 0 amide bonds. The van der Waals surface area contributed by atoms with Gasteiger partial charge in [0.05, 0.1) is 6.67 Å². The summed E-state index contributed by atoms with van der Waals surface area (Å²) in [6.07, 6.45) is 0. The lowest BCUT2D eigenvalue weighted by atomic mass is 10.1. The maximum absolute atomic E-state index is 6.13. The molecular formula is C21H24ClN5S. The smallest absolute Gasteiger partial charge is 0.199 e. The summed E-state index contributed by atoms with van der Waals surface area (Å²) >= 11 is 11.8. The average molecular weight is 414 g/mol. The van der Waals surface area contributed by atoms with Gasteiger partial charge in [-0.05, 0) is 42.9 Å². The topological polar surface area (TPSA) is 29.2 Å². The van der Waals surface area contributed by atoms with Crippen LogP contribution in [0.2, 0.25) is 5.02 Å². The van der Waals surface area contributed by atoms with Crippen molar-refractivity contribution in [2.75, 3.05) is 31.1 Å². The van der Waals surface area contributed by atoms with E-state index < -0.39 is 0 Å². The van der Waals surface area contributed by atoms with Gasteiger partial charge in [-0.2, -0.15) is 5.10 Å². The van der Waals surface area contributed by atoms with E-state index in [1.54, 1.807) is 0 Å². The molecule has 28 heavy (non-hydrogen) atoms. The van der Waals surface area contributed by atoms with Crippen molar-refractivity contribution in [1.29, 1.82) is 0 Å². The molecule has 1 saturated heterocycles. The van der Waals surface area contributed by atoms with Crippen molar-refractivity contribution < 1.29 is 0 Å². The van der Waals surface area contributed by atoms with Gasteiger partial charge in [0.25, 0.3) is 0 Å². The highest BCUT2D eigenvalue weighted by Crippen LogP contribution is 2.23. The van der Waals surface area contributed by atoms with Crippen molar-refractivity contribution in [2.24, 2.45) is 7.05 Å². The van der Waals surface area contributed by atoms with Crippen molar-refractivity contribution in [2.45, 2.75) is 13.6 Å². The molecule has 2 aromatic carbocycles.